The molecule has 4 nitrogen and oxygen atoms in total. The molecule has 0 aliphatic rings. The SMILES string of the molecule is Cc1cnccc1NC(=O)c1ccc(C#CCN)c(F)c1. The number of benzene rings is 1. The number of nitrogens with one attached hydrogen (secondary N) is 1. The highest BCUT2D eigenvalue weighted by molar-refractivity contribution is 6.04. The van der Waals surface area contributed by atoms with Crippen molar-refractivity contribution in [2.24, 2.45) is 5.73 Å². The molecule has 1 aromatic carbocycles. The number of carbonyl (C=O) groups is 1. The number of halogens is 1. The van der Waals surface area contributed by atoms with Crippen molar-refractivity contribution in [3.05, 3.63) is 59.2 Å². The predicted molar refractivity (Wildman–Crippen MR) is 79.3 cm³/mol. The molecule has 1 heterocycles. The summed E-state index contributed by atoms with van der Waals surface area (Å²) in [6.07, 6.45) is 3.22. The molecule has 21 heavy (non-hydrogen) atoms. The lowest BCUT2D eigenvalue weighted by Crippen LogP contribution is -2.13. The summed E-state index contributed by atoms with van der Waals surface area (Å²) >= 11 is 0. The average Bonchev–Trinajstić information content (AvgIpc) is 2.48. The molecule has 0 bridgehead atoms. The molecule has 0 saturated heterocycles. The summed E-state index contributed by atoms with van der Waals surface area (Å²) in [5, 5.41) is 2.71. The summed E-state index contributed by atoms with van der Waals surface area (Å²) in [5.41, 5.74) is 7.15. The molecule has 106 valence electrons. The van der Waals surface area contributed by atoms with Gasteiger partial charge in [-0.15, -0.1) is 0 Å². The summed E-state index contributed by atoms with van der Waals surface area (Å²) in [6, 6.07) is 5.83. The van der Waals surface area contributed by atoms with Crippen LogP contribution in [-0.4, -0.2) is 17.4 Å². The Morgan fingerprint density at radius 1 is 1.43 bits per heavy atom. The fourth-order valence-electron chi connectivity index (χ4n) is 1.71. The highest BCUT2D eigenvalue weighted by atomic mass is 19.1. The van der Waals surface area contributed by atoms with Gasteiger partial charge in [0.05, 0.1) is 12.1 Å². The smallest absolute Gasteiger partial charge is 0.255 e. The van der Waals surface area contributed by atoms with E-state index < -0.39 is 5.82 Å². The minimum Gasteiger partial charge on any atom is -0.322 e. The van der Waals surface area contributed by atoms with Crippen LogP contribution in [0.4, 0.5) is 10.1 Å². The van der Waals surface area contributed by atoms with Gasteiger partial charge >= 0.3 is 0 Å². The maximum Gasteiger partial charge on any atom is 0.255 e. The van der Waals surface area contributed by atoms with E-state index in [-0.39, 0.29) is 23.6 Å². The second kappa shape index (κ2) is 6.64. The Labute approximate surface area is 122 Å². The van der Waals surface area contributed by atoms with Gasteiger partial charge in [-0.05, 0) is 36.8 Å². The normalized spacial score (nSPS) is 9.67. The van der Waals surface area contributed by atoms with Crippen LogP contribution in [0.15, 0.2) is 36.7 Å². The minimum atomic E-state index is -0.546. The van der Waals surface area contributed by atoms with Crippen LogP contribution in [0.3, 0.4) is 0 Å². The Hall–Kier alpha value is -2.71. The number of carbonyl (C=O) groups excluding carboxylic acids is 1. The van der Waals surface area contributed by atoms with Crippen LogP contribution in [0, 0.1) is 24.6 Å². The lowest BCUT2D eigenvalue weighted by atomic mass is 10.1. The Bertz CT molecular complexity index is 732. The summed E-state index contributed by atoms with van der Waals surface area (Å²) < 4.78 is 13.8. The highest BCUT2D eigenvalue weighted by Crippen LogP contribution is 2.15. The second-order valence-corrected chi connectivity index (χ2v) is 4.35. The van der Waals surface area contributed by atoms with Crippen molar-refractivity contribution in [2.75, 3.05) is 11.9 Å². The van der Waals surface area contributed by atoms with Crippen molar-refractivity contribution in [1.29, 1.82) is 0 Å². The lowest BCUT2D eigenvalue weighted by molar-refractivity contribution is 0.102. The maximum atomic E-state index is 13.8. The molecule has 3 N–H and O–H groups in total. The zero-order valence-corrected chi connectivity index (χ0v) is 11.5. The van der Waals surface area contributed by atoms with E-state index in [0.717, 1.165) is 11.6 Å². The fraction of sp³-hybridized carbons (Fsp3) is 0.125. The molecule has 1 aromatic heterocycles. The van der Waals surface area contributed by atoms with Crippen LogP contribution >= 0.6 is 0 Å². The van der Waals surface area contributed by atoms with Gasteiger partial charge in [0.15, 0.2) is 0 Å². The Morgan fingerprint density at radius 2 is 2.24 bits per heavy atom. The number of aryl methyl sites for hydroxylation is 1. The molecule has 0 aliphatic carbocycles. The molecule has 0 radical (unpaired) electrons. The number of pyridine rings is 1. The van der Waals surface area contributed by atoms with E-state index in [9.17, 15) is 9.18 Å². The summed E-state index contributed by atoms with van der Waals surface area (Å²) in [5.74, 6) is 4.25. The number of hydrogen-bond donors (Lipinski definition) is 2. The number of rotatable bonds is 2. The molecular weight excluding hydrogens is 269 g/mol. The molecule has 2 rings (SSSR count). The summed E-state index contributed by atoms with van der Waals surface area (Å²) in [7, 11) is 0. The van der Waals surface area contributed by atoms with Gasteiger partial charge in [0.25, 0.3) is 5.91 Å². The van der Waals surface area contributed by atoms with Gasteiger partial charge in [-0.3, -0.25) is 9.78 Å². The van der Waals surface area contributed by atoms with Crippen LogP contribution in [0.25, 0.3) is 0 Å². The van der Waals surface area contributed by atoms with E-state index in [1.54, 1.807) is 18.5 Å². The Kier molecular flexibility index (Phi) is 4.64. The van der Waals surface area contributed by atoms with Crippen LogP contribution in [0.2, 0.25) is 0 Å². The molecule has 5 heteroatoms. The monoisotopic (exact) mass is 283 g/mol. The van der Waals surface area contributed by atoms with Crippen molar-refractivity contribution in [2.45, 2.75) is 6.92 Å². The first-order valence-corrected chi connectivity index (χ1v) is 6.32. The van der Waals surface area contributed by atoms with Crippen molar-refractivity contribution >= 4 is 11.6 Å². The maximum absolute atomic E-state index is 13.8. The third-order valence-corrected chi connectivity index (χ3v) is 2.82. The molecule has 0 aliphatic heterocycles. The average molecular weight is 283 g/mol. The minimum absolute atomic E-state index is 0.156. The quantitative estimate of drug-likeness (QED) is 0.829. The number of anilines is 1. The van der Waals surface area contributed by atoms with Crippen LogP contribution < -0.4 is 11.1 Å². The number of aromatic nitrogens is 1. The van der Waals surface area contributed by atoms with Gasteiger partial charge in [-0.1, -0.05) is 11.8 Å². The van der Waals surface area contributed by atoms with Crippen molar-refractivity contribution in [3.8, 4) is 11.8 Å². The largest absolute Gasteiger partial charge is 0.322 e. The molecule has 0 fully saturated rings. The van der Waals surface area contributed by atoms with E-state index in [0.29, 0.717) is 5.69 Å². The molecule has 2 aromatic rings. The Morgan fingerprint density at radius 3 is 2.90 bits per heavy atom. The second-order valence-electron chi connectivity index (χ2n) is 4.35. The van der Waals surface area contributed by atoms with Gasteiger partial charge < -0.3 is 11.1 Å². The molecule has 0 atom stereocenters. The zero-order valence-electron chi connectivity index (χ0n) is 11.5. The van der Waals surface area contributed by atoms with Gasteiger partial charge in [0, 0.05) is 23.6 Å². The van der Waals surface area contributed by atoms with E-state index in [1.807, 2.05) is 6.92 Å². The first-order valence-electron chi connectivity index (χ1n) is 6.32. The molecule has 0 spiro atoms. The van der Waals surface area contributed by atoms with Crippen molar-refractivity contribution in [1.82, 2.24) is 4.98 Å². The van der Waals surface area contributed by atoms with Gasteiger partial charge in [0.1, 0.15) is 5.82 Å². The first-order chi connectivity index (χ1) is 10.1. The van der Waals surface area contributed by atoms with E-state index in [2.05, 4.69) is 22.1 Å². The molecular formula is C16H14FN3O. The summed E-state index contributed by atoms with van der Waals surface area (Å²) in [6.45, 7) is 1.98. The molecule has 1 amide bonds. The Balaban J connectivity index is 2.21. The van der Waals surface area contributed by atoms with Crippen LogP contribution in [0.5, 0.6) is 0 Å². The van der Waals surface area contributed by atoms with Gasteiger partial charge in [0.2, 0.25) is 0 Å². The van der Waals surface area contributed by atoms with Crippen molar-refractivity contribution < 1.29 is 9.18 Å². The van der Waals surface area contributed by atoms with E-state index >= 15 is 0 Å². The van der Waals surface area contributed by atoms with Gasteiger partial charge in [-0.25, -0.2) is 4.39 Å². The van der Waals surface area contributed by atoms with Crippen molar-refractivity contribution in [3.63, 3.8) is 0 Å². The van der Waals surface area contributed by atoms with Gasteiger partial charge in [-0.2, -0.15) is 0 Å². The van der Waals surface area contributed by atoms with Crippen LogP contribution in [0.1, 0.15) is 21.5 Å². The standard InChI is InChI=1S/C16H14FN3O/c1-11-10-19-8-6-15(11)20-16(21)13-5-4-12(3-2-7-18)14(17)9-13/h4-6,8-10H,7,18H2,1H3,(H,19,20,21). The number of nitrogens with zero attached hydrogens (tertiary/aromatic N) is 1. The molecule has 0 saturated carbocycles. The van der Waals surface area contributed by atoms with E-state index in [4.69, 9.17) is 5.73 Å². The number of amides is 1. The lowest BCUT2D eigenvalue weighted by Gasteiger charge is -2.08. The number of hydrogen-bond acceptors (Lipinski definition) is 3. The third-order valence-electron chi connectivity index (χ3n) is 2.82. The zero-order chi connectivity index (χ0) is 15.2. The first kappa shape index (κ1) is 14.7. The fourth-order valence-corrected chi connectivity index (χ4v) is 1.71. The summed E-state index contributed by atoms with van der Waals surface area (Å²) in [4.78, 5) is 16.0. The predicted octanol–water partition coefficient (Wildman–Crippen LogP) is 2.09. The number of nitrogens with two attached hydrogens (primary N) is 1. The third kappa shape index (κ3) is 3.65. The topological polar surface area (TPSA) is 68.0 Å². The highest BCUT2D eigenvalue weighted by Gasteiger charge is 2.10. The van der Waals surface area contributed by atoms with Crippen LogP contribution in [-0.2, 0) is 0 Å². The van der Waals surface area contributed by atoms with E-state index in [1.165, 1.54) is 12.1 Å². The molecule has 0 unspecified atom stereocenters.